The van der Waals surface area contributed by atoms with Crippen LogP contribution in [0.4, 0.5) is 17.6 Å². The van der Waals surface area contributed by atoms with E-state index in [1.54, 1.807) is 0 Å². The number of carboxylic acid groups (broad SMARTS) is 1. The number of carbonyl (C=O) groups is 1. The fourth-order valence-corrected chi connectivity index (χ4v) is 1.09. The third kappa shape index (κ3) is 3.08. The van der Waals surface area contributed by atoms with E-state index in [4.69, 9.17) is 5.11 Å². The first-order valence-electron chi connectivity index (χ1n) is 4.08. The smallest absolute Gasteiger partial charge is 0.416 e. The zero-order valence-corrected chi connectivity index (χ0v) is 7.75. The summed E-state index contributed by atoms with van der Waals surface area (Å²) in [7, 11) is 0. The van der Waals surface area contributed by atoms with Crippen LogP contribution in [0.1, 0.15) is 11.1 Å². The van der Waals surface area contributed by atoms with Crippen molar-refractivity contribution in [1.82, 2.24) is 0 Å². The first-order valence-corrected chi connectivity index (χ1v) is 4.08. The van der Waals surface area contributed by atoms with E-state index < -0.39 is 29.1 Å². The number of alkyl halides is 3. The molecule has 0 saturated carbocycles. The first kappa shape index (κ1) is 12.2. The van der Waals surface area contributed by atoms with Crippen molar-refractivity contribution >= 4 is 12.0 Å². The average molecular weight is 234 g/mol. The van der Waals surface area contributed by atoms with Gasteiger partial charge < -0.3 is 5.11 Å². The maximum atomic E-state index is 12.7. The maximum Gasteiger partial charge on any atom is 0.416 e. The van der Waals surface area contributed by atoms with E-state index in [1.165, 1.54) is 0 Å². The normalized spacial score (nSPS) is 12.0. The van der Waals surface area contributed by atoms with Crippen LogP contribution in [0, 0.1) is 5.82 Å². The van der Waals surface area contributed by atoms with Crippen LogP contribution in [0.2, 0.25) is 0 Å². The van der Waals surface area contributed by atoms with Gasteiger partial charge in [0, 0.05) is 6.08 Å². The van der Waals surface area contributed by atoms with Crippen LogP contribution in [0.5, 0.6) is 0 Å². The summed E-state index contributed by atoms with van der Waals surface area (Å²) in [6.45, 7) is 0. The van der Waals surface area contributed by atoms with Gasteiger partial charge in [-0.05, 0) is 29.8 Å². The fourth-order valence-electron chi connectivity index (χ4n) is 1.09. The highest BCUT2D eigenvalue weighted by atomic mass is 19.4. The average Bonchev–Trinajstić information content (AvgIpc) is 2.12. The molecule has 0 aromatic heterocycles. The molecule has 1 N–H and O–H groups in total. The predicted molar refractivity (Wildman–Crippen MR) is 48.1 cm³/mol. The second-order valence-electron chi connectivity index (χ2n) is 2.90. The number of aliphatic carboxylic acids is 1. The molecule has 16 heavy (non-hydrogen) atoms. The molecule has 6 heteroatoms. The molecule has 0 fully saturated rings. The van der Waals surface area contributed by atoms with E-state index in [0.29, 0.717) is 30.4 Å². The van der Waals surface area contributed by atoms with Crippen LogP contribution in [-0.2, 0) is 11.0 Å². The Kier molecular flexibility index (Phi) is 3.31. The predicted octanol–water partition coefficient (Wildman–Crippen LogP) is 2.94. The Morgan fingerprint density at radius 1 is 1.31 bits per heavy atom. The Hall–Kier alpha value is -1.85. The molecule has 0 heterocycles. The molecule has 0 amide bonds. The first-order chi connectivity index (χ1) is 7.30. The molecule has 0 spiro atoms. The van der Waals surface area contributed by atoms with Crippen LogP contribution in [0.25, 0.3) is 6.08 Å². The SMILES string of the molecule is O=C(O)/C=C\c1cc(F)ccc1C(F)(F)F. The standard InChI is InChI=1S/C10H6F4O2/c11-7-2-3-8(10(12,13)14)6(5-7)1-4-9(15)16/h1-5H,(H,15,16)/b4-1-. The Balaban J connectivity index is 3.24. The third-order valence-corrected chi connectivity index (χ3v) is 1.72. The lowest BCUT2D eigenvalue weighted by molar-refractivity contribution is -0.138. The largest absolute Gasteiger partial charge is 0.478 e. The van der Waals surface area contributed by atoms with Gasteiger partial charge in [0.2, 0.25) is 0 Å². The Morgan fingerprint density at radius 3 is 2.44 bits per heavy atom. The lowest BCUT2D eigenvalue weighted by Gasteiger charge is -2.09. The minimum atomic E-state index is -4.65. The minimum Gasteiger partial charge on any atom is -0.478 e. The Morgan fingerprint density at radius 2 is 1.94 bits per heavy atom. The maximum absolute atomic E-state index is 12.7. The van der Waals surface area contributed by atoms with E-state index in [2.05, 4.69) is 0 Å². The molecule has 2 nitrogen and oxygen atoms in total. The summed E-state index contributed by atoms with van der Waals surface area (Å²) in [5.41, 5.74) is -1.60. The van der Waals surface area contributed by atoms with Crippen molar-refractivity contribution in [2.75, 3.05) is 0 Å². The van der Waals surface area contributed by atoms with Gasteiger partial charge in [-0.25, -0.2) is 9.18 Å². The number of rotatable bonds is 2. The Labute approximate surface area is 87.8 Å². The molecule has 1 aromatic rings. The van der Waals surface area contributed by atoms with Gasteiger partial charge >= 0.3 is 12.1 Å². The molecular formula is C10H6F4O2. The number of carboxylic acids is 1. The summed E-state index contributed by atoms with van der Waals surface area (Å²) in [5, 5.41) is 8.28. The molecule has 0 aliphatic rings. The van der Waals surface area contributed by atoms with Crippen LogP contribution >= 0.6 is 0 Å². The highest BCUT2D eigenvalue weighted by Crippen LogP contribution is 2.32. The lowest BCUT2D eigenvalue weighted by Crippen LogP contribution is -2.07. The second kappa shape index (κ2) is 4.34. The van der Waals surface area contributed by atoms with Crippen LogP contribution in [-0.4, -0.2) is 11.1 Å². The van der Waals surface area contributed by atoms with Crippen molar-refractivity contribution < 1.29 is 27.5 Å². The van der Waals surface area contributed by atoms with E-state index in [9.17, 15) is 22.4 Å². The van der Waals surface area contributed by atoms with Crippen LogP contribution in [0.15, 0.2) is 24.3 Å². The van der Waals surface area contributed by atoms with Gasteiger partial charge in [-0.15, -0.1) is 0 Å². The summed E-state index contributed by atoms with van der Waals surface area (Å²) in [5.74, 6) is -2.27. The summed E-state index contributed by atoms with van der Waals surface area (Å²) < 4.78 is 49.9. The van der Waals surface area contributed by atoms with Crippen LogP contribution < -0.4 is 0 Å². The number of benzene rings is 1. The molecule has 86 valence electrons. The molecule has 0 radical (unpaired) electrons. The van der Waals surface area contributed by atoms with E-state index in [1.807, 2.05) is 0 Å². The van der Waals surface area contributed by atoms with Crippen molar-refractivity contribution in [2.24, 2.45) is 0 Å². The second-order valence-corrected chi connectivity index (χ2v) is 2.90. The minimum absolute atomic E-state index is 0.518. The van der Waals surface area contributed by atoms with Gasteiger partial charge in [0.1, 0.15) is 5.82 Å². The monoisotopic (exact) mass is 234 g/mol. The van der Waals surface area contributed by atoms with Gasteiger partial charge in [0.25, 0.3) is 0 Å². The summed E-state index contributed by atoms with van der Waals surface area (Å²) >= 11 is 0. The zero-order valence-electron chi connectivity index (χ0n) is 7.75. The molecule has 0 unspecified atom stereocenters. The Bertz CT molecular complexity index is 435. The fraction of sp³-hybridized carbons (Fsp3) is 0.100. The van der Waals surface area contributed by atoms with Gasteiger partial charge in [-0.3, -0.25) is 0 Å². The number of halogens is 4. The van der Waals surface area contributed by atoms with E-state index in [0.717, 1.165) is 0 Å². The van der Waals surface area contributed by atoms with Crippen molar-refractivity contribution in [2.45, 2.75) is 6.18 Å². The molecule has 1 rings (SSSR count). The molecule has 0 aliphatic carbocycles. The molecule has 1 aromatic carbocycles. The number of hydrogen-bond donors (Lipinski definition) is 1. The summed E-state index contributed by atoms with van der Waals surface area (Å²) in [6, 6.07) is 1.86. The zero-order chi connectivity index (χ0) is 12.3. The third-order valence-electron chi connectivity index (χ3n) is 1.72. The number of hydrogen-bond acceptors (Lipinski definition) is 1. The highest BCUT2D eigenvalue weighted by Gasteiger charge is 2.32. The van der Waals surface area contributed by atoms with Gasteiger partial charge in [0.05, 0.1) is 5.56 Å². The molecule has 0 bridgehead atoms. The van der Waals surface area contributed by atoms with Gasteiger partial charge in [0.15, 0.2) is 0 Å². The molecular weight excluding hydrogens is 228 g/mol. The van der Waals surface area contributed by atoms with Crippen molar-refractivity contribution in [3.05, 3.63) is 41.2 Å². The molecule has 0 atom stereocenters. The molecule has 0 saturated heterocycles. The van der Waals surface area contributed by atoms with E-state index in [-0.39, 0.29) is 0 Å². The van der Waals surface area contributed by atoms with Crippen molar-refractivity contribution in [3.63, 3.8) is 0 Å². The summed E-state index contributed by atoms with van der Waals surface area (Å²) in [6.07, 6.45) is -3.43. The highest BCUT2D eigenvalue weighted by molar-refractivity contribution is 5.85. The molecule has 0 aliphatic heterocycles. The quantitative estimate of drug-likeness (QED) is 0.631. The van der Waals surface area contributed by atoms with Crippen molar-refractivity contribution in [1.29, 1.82) is 0 Å². The van der Waals surface area contributed by atoms with Crippen molar-refractivity contribution in [3.8, 4) is 0 Å². The topological polar surface area (TPSA) is 37.3 Å². The van der Waals surface area contributed by atoms with Gasteiger partial charge in [-0.2, -0.15) is 13.2 Å². The van der Waals surface area contributed by atoms with Crippen LogP contribution in [0.3, 0.4) is 0 Å². The van der Waals surface area contributed by atoms with E-state index >= 15 is 0 Å². The lowest BCUT2D eigenvalue weighted by atomic mass is 10.1. The summed E-state index contributed by atoms with van der Waals surface area (Å²) in [4.78, 5) is 10.2. The van der Waals surface area contributed by atoms with Gasteiger partial charge in [-0.1, -0.05) is 0 Å².